The third kappa shape index (κ3) is 2.58. The summed E-state index contributed by atoms with van der Waals surface area (Å²) in [6, 6.07) is 3.73. The summed E-state index contributed by atoms with van der Waals surface area (Å²) in [5.41, 5.74) is 8.21. The molecule has 1 heterocycles. The van der Waals surface area contributed by atoms with Gasteiger partial charge in [0.2, 0.25) is 5.91 Å². The van der Waals surface area contributed by atoms with Crippen LogP contribution in [0.15, 0.2) is 12.1 Å². The third-order valence-corrected chi connectivity index (χ3v) is 3.37. The van der Waals surface area contributed by atoms with E-state index in [2.05, 4.69) is 12.2 Å². The standard InChI is InChI=1S/C14H20N2O2/c1-4-14(2,3)18-12-7-9-5-6-13(17)16-11(9)8-10(12)15/h7-8H,4-6,15H2,1-3H3,(H,16,17). The highest BCUT2D eigenvalue weighted by molar-refractivity contribution is 5.94. The van der Waals surface area contributed by atoms with Gasteiger partial charge in [-0.25, -0.2) is 0 Å². The van der Waals surface area contributed by atoms with Crippen LogP contribution in [0.2, 0.25) is 0 Å². The number of rotatable bonds is 3. The zero-order valence-electron chi connectivity index (χ0n) is 11.2. The molecule has 0 atom stereocenters. The normalized spacial score (nSPS) is 14.9. The number of hydrogen-bond acceptors (Lipinski definition) is 3. The van der Waals surface area contributed by atoms with Crippen molar-refractivity contribution in [3.05, 3.63) is 17.7 Å². The number of carbonyl (C=O) groups is 1. The average molecular weight is 248 g/mol. The van der Waals surface area contributed by atoms with Crippen LogP contribution in [-0.4, -0.2) is 11.5 Å². The summed E-state index contributed by atoms with van der Waals surface area (Å²) in [7, 11) is 0. The first kappa shape index (κ1) is 12.7. The fourth-order valence-electron chi connectivity index (χ4n) is 1.88. The van der Waals surface area contributed by atoms with Crippen LogP contribution in [0.1, 0.15) is 39.2 Å². The molecule has 0 saturated heterocycles. The fraction of sp³-hybridized carbons (Fsp3) is 0.500. The molecular formula is C14H20N2O2. The van der Waals surface area contributed by atoms with Gasteiger partial charge in [-0.3, -0.25) is 4.79 Å². The van der Waals surface area contributed by atoms with Gasteiger partial charge in [0.15, 0.2) is 0 Å². The predicted molar refractivity (Wildman–Crippen MR) is 72.8 cm³/mol. The van der Waals surface area contributed by atoms with Gasteiger partial charge in [-0.1, -0.05) is 6.92 Å². The Balaban J connectivity index is 2.31. The van der Waals surface area contributed by atoms with Gasteiger partial charge >= 0.3 is 0 Å². The SMILES string of the molecule is CCC(C)(C)Oc1cc2c(cc1N)NC(=O)CC2. The Morgan fingerprint density at radius 2 is 2.11 bits per heavy atom. The van der Waals surface area contributed by atoms with Gasteiger partial charge in [0.05, 0.1) is 5.69 Å². The molecule has 1 aromatic rings. The number of anilines is 2. The van der Waals surface area contributed by atoms with Gasteiger partial charge < -0.3 is 15.8 Å². The molecule has 1 aromatic carbocycles. The number of nitrogens with two attached hydrogens (primary N) is 1. The van der Waals surface area contributed by atoms with E-state index in [1.165, 1.54) is 0 Å². The minimum atomic E-state index is -0.236. The number of fused-ring (bicyclic) bond motifs is 1. The van der Waals surface area contributed by atoms with Crippen LogP contribution in [-0.2, 0) is 11.2 Å². The summed E-state index contributed by atoms with van der Waals surface area (Å²) in [5.74, 6) is 0.751. The Kier molecular flexibility index (Phi) is 3.20. The summed E-state index contributed by atoms with van der Waals surface area (Å²) >= 11 is 0. The Bertz CT molecular complexity index is 481. The first-order chi connectivity index (χ1) is 8.41. The summed E-state index contributed by atoms with van der Waals surface area (Å²) < 4.78 is 5.94. The molecule has 0 radical (unpaired) electrons. The smallest absolute Gasteiger partial charge is 0.224 e. The van der Waals surface area contributed by atoms with Gasteiger partial charge in [0, 0.05) is 12.1 Å². The van der Waals surface area contributed by atoms with Crippen molar-refractivity contribution in [2.75, 3.05) is 11.1 Å². The summed E-state index contributed by atoms with van der Waals surface area (Å²) in [4.78, 5) is 11.3. The van der Waals surface area contributed by atoms with Crippen LogP contribution in [0.4, 0.5) is 11.4 Å². The quantitative estimate of drug-likeness (QED) is 0.808. The van der Waals surface area contributed by atoms with E-state index in [1.54, 1.807) is 6.07 Å². The molecule has 0 fully saturated rings. The van der Waals surface area contributed by atoms with Gasteiger partial charge in [0.1, 0.15) is 11.4 Å². The highest BCUT2D eigenvalue weighted by Gasteiger charge is 2.21. The number of ether oxygens (including phenoxy) is 1. The first-order valence-electron chi connectivity index (χ1n) is 6.32. The van der Waals surface area contributed by atoms with Gasteiger partial charge in [0.25, 0.3) is 0 Å². The van der Waals surface area contributed by atoms with E-state index in [0.717, 1.165) is 24.1 Å². The maximum Gasteiger partial charge on any atom is 0.224 e. The van der Waals surface area contributed by atoms with Crippen molar-refractivity contribution >= 4 is 17.3 Å². The summed E-state index contributed by atoms with van der Waals surface area (Å²) in [5, 5.41) is 2.83. The number of amides is 1. The molecule has 2 rings (SSSR count). The molecular weight excluding hydrogens is 228 g/mol. The molecule has 4 nitrogen and oxygen atoms in total. The van der Waals surface area contributed by atoms with Crippen molar-refractivity contribution in [2.24, 2.45) is 0 Å². The number of nitrogen functional groups attached to an aromatic ring is 1. The fourth-order valence-corrected chi connectivity index (χ4v) is 1.88. The van der Waals surface area contributed by atoms with Crippen LogP contribution >= 0.6 is 0 Å². The lowest BCUT2D eigenvalue weighted by Crippen LogP contribution is -2.27. The van der Waals surface area contributed by atoms with Gasteiger partial charge in [-0.05, 0) is 44.4 Å². The van der Waals surface area contributed by atoms with Crippen molar-refractivity contribution in [3.8, 4) is 5.75 Å². The number of aryl methyl sites for hydroxylation is 1. The van der Waals surface area contributed by atoms with Crippen LogP contribution in [0.3, 0.4) is 0 Å². The van der Waals surface area contributed by atoms with Crippen molar-refractivity contribution in [1.82, 2.24) is 0 Å². The van der Waals surface area contributed by atoms with Crippen molar-refractivity contribution in [1.29, 1.82) is 0 Å². The van der Waals surface area contributed by atoms with E-state index in [-0.39, 0.29) is 11.5 Å². The lowest BCUT2D eigenvalue weighted by molar-refractivity contribution is -0.116. The zero-order valence-corrected chi connectivity index (χ0v) is 11.2. The summed E-state index contributed by atoms with van der Waals surface area (Å²) in [6.07, 6.45) is 2.16. The molecule has 0 bridgehead atoms. The first-order valence-corrected chi connectivity index (χ1v) is 6.32. The molecule has 0 saturated carbocycles. The van der Waals surface area contributed by atoms with E-state index in [1.807, 2.05) is 19.9 Å². The lowest BCUT2D eigenvalue weighted by atomic mass is 10.0. The largest absolute Gasteiger partial charge is 0.486 e. The monoisotopic (exact) mass is 248 g/mol. The second-order valence-electron chi connectivity index (χ2n) is 5.31. The Morgan fingerprint density at radius 1 is 1.39 bits per heavy atom. The minimum Gasteiger partial charge on any atom is -0.486 e. The molecule has 1 aliphatic rings. The van der Waals surface area contributed by atoms with E-state index in [9.17, 15) is 4.79 Å². The van der Waals surface area contributed by atoms with Crippen molar-refractivity contribution in [3.63, 3.8) is 0 Å². The third-order valence-electron chi connectivity index (χ3n) is 3.37. The molecule has 3 N–H and O–H groups in total. The van der Waals surface area contributed by atoms with E-state index in [0.29, 0.717) is 17.9 Å². The van der Waals surface area contributed by atoms with E-state index >= 15 is 0 Å². The molecule has 0 spiro atoms. The molecule has 0 unspecified atom stereocenters. The molecule has 18 heavy (non-hydrogen) atoms. The maximum atomic E-state index is 11.3. The maximum absolute atomic E-state index is 11.3. The number of nitrogens with one attached hydrogen (secondary N) is 1. The van der Waals surface area contributed by atoms with Gasteiger partial charge in [-0.15, -0.1) is 0 Å². The van der Waals surface area contributed by atoms with E-state index in [4.69, 9.17) is 10.5 Å². The molecule has 0 aromatic heterocycles. The molecule has 0 aliphatic carbocycles. The molecule has 4 heteroatoms. The lowest BCUT2D eigenvalue weighted by Gasteiger charge is -2.27. The minimum absolute atomic E-state index is 0.0458. The number of carbonyl (C=O) groups excluding carboxylic acids is 1. The van der Waals surface area contributed by atoms with Crippen molar-refractivity contribution in [2.45, 2.75) is 45.6 Å². The average Bonchev–Trinajstić information content (AvgIpc) is 2.30. The van der Waals surface area contributed by atoms with Crippen LogP contribution in [0, 0.1) is 0 Å². The summed E-state index contributed by atoms with van der Waals surface area (Å²) in [6.45, 7) is 6.15. The predicted octanol–water partition coefficient (Wildman–Crippen LogP) is 2.72. The Labute approximate surface area is 108 Å². The molecule has 1 aliphatic heterocycles. The second-order valence-corrected chi connectivity index (χ2v) is 5.31. The van der Waals surface area contributed by atoms with E-state index < -0.39 is 0 Å². The highest BCUT2D eigenvalue weighted by Crippen LogP contribution is 2.34. The number of benzene rings is 1. The van der Waals surface area contributed by atoms with Crippen LogP contribution in [0.25, 0.3) is 0 Å². The van der Waals surface area contributed by atoms with Gasteiger partial charge in [-0.2, -0.15) is 0 Å². The molecule has 98 valence electrons. The van der Waals surface area contributed by atoms with Crippen molar-refractivity contribution < 1.29 is 9.53 Å². The Hall–Kier alpha value is -1.71. The molecule has 1 amide bonds. The second kappa shape index (κ2) is 4.52. The van der Waals surface area contributed by atoms with Crippen LogP contribution < -0.4 is 15.8 Å². The highest BCUT2D eigenvalue weighted by atomic mass is 16.5. The topological polar surface area (TPSA) is 64.3 Å². The zero-order chi connectivity index (χ0) is 13.3. The number of hydrogen-bond donors (Lipinski definition) is 2. The van der Waals surface area contributed by atoms with Crippen LogP contribution in [0.5, 0.6) is 5.75 Å². The Morgan fingerprint density at radius 3 is 2.78 bits per heavy atom.